The van der Waals surface area contributed by atoms with Crippen molar-refractivity contribution >= 4 is 16.8 Å². The number of carbonyl (C=O) groups excluding carboxylic acids is 1. The van der Waals surface area contributed by atoms with Gasteiger partial charge in [0.1, 0.15) is 11.6 Å². The Labute approximate surface area is 192 Å². The van der Waals surface area contributed by atoms with Gasteiger partial charge in [0.25, 0.3) is 5.91 Å². The Kier molecular flexibility index (Phi) is 5.95. The number of aromatic nitrogens is 1. The number of halogens is 2. The smallest absolute Gasteiger partial charge is 0.253 e. The van der Waals surface area contributed by atoms with E-state index in [2.05, 4.69) is 5.32 Å². The van der Waals surface area contributed by atoms with Crippen molar-refractivity contribution in [1.82, 2.24) is 9.88 Å². The molecule has 1 aliphatic rings. The van der Waals surface area contributed by atoms with E-state index in [1.54, 1.807) is 18.2 Å². The summed E-state index contributed by atoms with van der Waals surface area (Å²) in [5, 5.41) is 3.60. The lowest BCUT2D eigenvalue weighted by atomic mass is 9.95. The van der Waals surface area contributed by atoms with Crippen molar-refractivity contribution in [3.05, 3.63) is 95.7 Å². The van der Waals surface area contributed by atoms with Crippen molar-refractivity contribution in [2.45, 2.75) is 44.7 Å². The fourth-order valence-electron chi connectivity index (χ4n) is 4.78. The molecule has 1 fully saturated rings. The molecule has 1 aromatic heterocycles. The van der Waals surface area contributed by atoms with Crippen LogP contribution in [0.4, 0.5) is 8.78 Å². The SMILES string of the molecule is O=C(NC1CCCCC1)c1ccc(F)c2ccn(Cc3ccc(-c4cccc(F)c4)cc3)c12. The van der Waals surface area contributed by atoms with Gasteiger partial charge in [0, 0.05) is 24.2 Å². The van der Waals surface area contributed by atoms with E-state index in [0.29, 0.717) is 23.0 Å². The number of amides is 1. The van der Waals surface area contributed by atoms with Crippen molar-refractivity contribution < 1.29 is 13.6 Å². The maximum atomic E-state index is 14.5. The Bertz CT molecular complexity index is 1290. The van der Waals surface area contributed by atoms with Crippen molar-refractivity contribution in [3.63, 3.8) is 0 Å². The van der Waals surface area contributed by atoms with Gasteiger partial charge in [-0.1, -0.05) is 55.7 Å². The second-order valence-corrected chi connectivity index (χ2v) is 8.82. The molecule has 1 heterocycles. The summed E-state index contributed by atoms with van der Waals surface area (Å²) in [4.78, 5) is 13.1. The second kappa shape index (κ2) is 9.18. The molecule has 4 aromatic rings. The highest BCUT2D eigenvalue weighted by atomic mass is 19.1. The third-order valence-corrected chi connectivity index (χ3v) is 6.52. The lowest BCUT2D eigenvalue weighted by molar-refractivity contribution is 0.0929. The summed E-state index contributed by atoms with van der Waals surface area (Å²) in [6.07, 6.45) is 7.29. The van der Waals surface area contributed by atoms with Gasteiger partial charge < -0.3 is 9.88 Å². The number of hydrogen-bond acceptors (Lipinski definition) is 1. The van der Waals surface area contributed by atoms with E-state index in [1.807, 2.05) is 41.1 Å². The maximum absolute atomic E-state index is 14.5. The zero-order valence-electron chi connectivity index (χ0n) is 18.4. The van der Waals surface area contributed by atoms with Crippen LogP contribution in [-0.4, -0.2) is 16.5 Å². The van der Waals surface area contributed by atoms with Gasteiger partial charge in [-0.05, 0) is 59.9 Å². The zero-order chi connectivity index (χ0) is 22.8. The van der Waals surface area contributed by atoms with Gasteiger partial charge in [-0.15, -0.1) is 0 Å². The molecule has 168 valence electrons. The lowest BCUT2D eigenvalue weighted by Crippen LogP contribution is -2.36. The molecule has 0 bridgehead atoms. The summed E-state index contributed by atoms with van der Waals surface area (Å²) in [5.41, 5.74) is 3.86. The van der Waals surface area contributed by atoms with Gasteiger partial charge in [0.05, 0.1) is 11.1 Å². The van der Waals surface area contributed by atoms with E-state index in [9.17, 15) is 13.6 Å². The number of carbonyl (C=O) groups is 1. The molecular formula is C28H26F2N2O. The van der Waals surface area contributed by atoms with Crippen LogP contribution >= 0.6 is 0 Å². The van der Waals surface area contributed by atoms with Crippen molar-refractivity contribution in [3.8, 4) is 11.1 Å². The average molecular weight is 445 g/mol. The standard InChI is InChI=1S/C28H26F2N2O/c29-22-6-4-5-21(17-22)20-11-9-19(10-12-20)18-32-16-15-24-26(30)14-13-25(27(24)32)28(33)31-23-7-2-1-3-8-23/h4-6,9-17,23H,1-3,7-8,18H2,(H,31,33). The number of hydrogen-bond donors (Lipinski definition) is 1. The molecule has 1 aliphatic carbocycles. The van der Waals surface area contributed by atoms with Gasteiger partial charge in [-0.25, -0.2) is 8.78 Å². The van der Waals surface area contributed by atoms with E-state index in [4.69, 9.17) is 0 Å². The van der Waals surface area contributed by atoms with Gasteiger partial charge in [0.15, 0.2) is 0 Å². The minimum Gasteiger partial charge on any atom is -0.349 e. The largest absolute Gasteiger partial charge is 0.349 e. The van der Waals surface area contributed by atoms with E-state index in [-0.39, 0.29) is 23.6 Å². The first-order chi connectivity index (χ1) is 16.1. The predicted molar refractivity (Wildman–Crippen MR) is 127 cm³/mol. The average Bonchev–Trinajstić information content (AvgIpc) is 3.25. The molecule has 3 nitrogen and oxygen atoms in total. The van der Waals surface area contributed by atoms with Crippen molar-refractivity contribution in [2.24, 2.45) is 0 Å². The minimum absolute atomic E-state index is 0.145. The Morgan fingerprint density at radius 2 is 1.70 bits per heavy atom. The van der Waals surface area contributed by atoms with Crippen LogP contribution in [0.2, 0.25) is 0 Å². The number of nitrogens with zero attached hydrogens (tertiary/aromatic N) is 1. The fourth-order valence-corrected chi connectivity index (χ4v) is 4.78. The first-order valence-electron chi connectivity index (χ1n) is 11.5. The third kappa shape index (κ3) is 4.54. The summed E-state index contributed by atoms with van der Waals surface area (Å²) in [7, 11) is 0. The van der Waals surface area contributed by atoms with Crippen LogP contribution in [0, 0.1) is 11.6 Å². The molecule has 5 rings (SSSR count). The van der Waals surface area contributed by atoms with Crippen LogP contribution < -0.4 is 5.32 Å². The first kappa shape index (κ1) is 21.4. The van der Waals surface area contributed by atoms with Crippen LogP contribution in [0.15, 0.2) is 72.9 Å². The highest BCUT2D eigenvalue weighted by Gasteiger charge is 2.20. The van der Waals surface area contributed by atoms with Crippen LogP contribution in [0.25, 0.3) is 22.0 Å². The van der Waals surface area contributed by atoms with Crippen molar-refractivity contribution in [2.75, 3.05) is 0 Å². The Balaban J connectivity index is 1.42. The van der Waals surface area contributed by atoms with Crippen LogP contribution in [0.5, 0.6) is 0 Å². The quantitative estimate of drug-likeness (QED) is 0.365. The minimum atomic E-state index is -0.334. The van der Waals surface area contributed by atoms with Crippen LogP contribution in [0.1, 0.15) is 48.0 Å². The zero-order valence-corrected chi connectivity index (χ0v) is 18.4. The van der Waals surface area contributed by atoms with Crippen molar-refractivity contribution in [1.29, 1.82) is 0 Å². The molecular weight excluding hydrogens is 418 g/mol. The molecule has 0 atom stereocenters. The van der Waals surface area contributed by atoms with Crippen LogP contribution in [0.3, 0.4) is 0 Å². The Hall–Kier alpha value is -3.47. The molecule has 0 spiro atoms. The third-order valence-electron chi connectivity index (χ3n) is 6.52. The number of nitrogens with one attached hydrogen (secondary N) is 1. The molecule has 33 heavy (non-hydrogen) atoms. The Morgan fingerprint density at radius 1 is 0.909 bits per heavy atom. The lowest BCUT2D eigenvalue weighted by Gasteiger charge is -2.23. The molecule has 1 amide bonds. The topological polar surface area (TPSA) is 34.0 Å². The molecule has 0 aliphatic heterocycles. The summed E-state index contributed by atoms with van der Waals surface area (Å²) < 4.78 is 30.0. The van der Waals surface area contributed by atoms with Gasteiger partial charge in [-0.3, -0.25) is 4.79 Å². The van der Waals surface area contributed by atoms with E-state index < -0.39 is 0 Å². The van der Waals surface area contributed by atoms with Crippen LogP contribution in [-0.2, 0) is 6.54 Å². The van der Waals surface area contributed by atoms with E-state index in [1.165, 1.54) is 24.6 Å². The first-order valence-corrected chi connectivity index (χ1v) is 11.5. The normalized spacial score (nSPS) is 14.5. The highest BCUT2D eigenvalue weighted by Crippen LogP contribution is 2.27. The van der Waals surface area contributed by atoms with Gasteiger partial charge in [0.2, 0.25) is 0 Å². The number of benzene rings is 3. The van der Waals surface area contributed by atoms with Gasteiger partial charge in [-0.2, -0.15) is 0 Å². The summed E-state index contributed by atoms with van der Waals surface area (Å²) in [6, 6.07) is 19.2. The summed E-state index contributed by atoms with van der Waals surface area (Å²) in [5.74, 6) is -0.746. The number of rotatable bonds is 5. The molecule has 0 radical (unpaired) electrons. The molecule has 1 N–H and O–H groups in total. The molecule has 5 heteroatoms. The molecule has 0 saturated heterocycles. The molecule has 0 unspecified atom stereocenters. The maximum Gasteiger partial charge on any atom is 0.253 e. The second-order valence-electron chi connectivity index (χ2n) is 8.82. The van der Waals surface area contributed by atoms with Gasteiger partial charge >= 0.3 is 0 Å². The van der Waals surface area contributed by atoms with E-state index in [0.717, 1.165) is 42.4 Å². The molecule has 3 aromatic carbocycles. The Morgan fingerprint density at radius 3 is 2.45 bits per heavy atom. The highest BCUT2D eigenvalue weighted by molar-refractivity contribution is 6.06. The monoisotopic (exact) mass is 444 g/mol. The molecule has 1 saturated carbocycles. The van der Waals surface area contributed by atoms with E-state index >= 15 is 0 Å². The predicted octanol–water partition coefficient (Wildman–Crippen LogP) is 6.70. The fraction of sp³-hybridized carbons (Fsp3) is 0.250. The number of fused-ring (bicyclic) bond motifs is 1. The summed E-state index contributed by atoms with van der Waals surface area (Å²) >= 11 is 0. The summed E-state index contributed by atoms with van der Waals surface area (Å²) in [6.45, 7) is 0.500.